The van der Waals surface area contributed by atoms with Crippen molar-refractivity contribution < 1.29 is 24.0 Å². The third-order valence-corrected chi connectivity index (χ3v) is 4.97. The molecule has 0 radical (unpaired) electrons. The van der Waals surface area contributed by atoms with Crippen molar-refractivity contribution in [2.45, 2.75) is 20.8 Å². The Hall–Kier alpha value is -4.86. The largest absolute Gasteiger partial charge is 0.422 e. The first-order valence-corrected chi connectivity index (χ1v) is 10.4. The van der Waals surface area contributed by atoms with Gasteiger partial charge in [0.1, 0.15) is 5.75 Å². The summed E-state index contributed by atoms with van der Waals surface area (Å²) in [5.74, 6) is -2.41. The molecule has 0 aliphatic rings. The Morgan fingerprint density at radius 1 is 0.943 bits per heavy atom. The van der Waals surface area contributed by atoms with E-state index in [1.165, 1.54) is 30.3 Å². The molecule has 3 aromatic carbocycles. The van der Waals surface area contributed by atoms with E-state index in [1.54, 1.807) is 31.2 Å². The van der Waals surface area contributed by atoms with E-state index >= 15 is 0 Å². The van der Waals surface area contributed by atoms with E-state index in [1.807, 2.05) is 26.0 Å². The summed E-state index contributed by atoms with van der Waals surface area (Å²) in [5.41, 5.74) is 5.11. The molecule has 0 heterocycles. The van der Waals surface area contributed by atoms with E-state index in [9.17, 15) is 24.5 Å². The van der Waals surface area contributed by atoms with Gasteiger partial charge in [0.15, 0.2) is 0 Å². The maximum absolute atomic E-state index is 12.5. The number of ether oxygens (including phenoxy) is 1. The highest BCUT2D eigenvalue weighted by atomic mass is 16.6. The van der Waals surface area contributed by atoms with Gasteiger partial charge in [0.2, 0.25) is 0 Å². The average Bonchev–Trinajstić information content (AvgIpc) is 2.84. The van der Waals surface area contributed by atoms with Crippen LogP contribution in [0.25, 0.3) is 0 Å². The lowest BCUT2D eigenvalue weighted by atomic mass is 10.1. The highest BCUT2D eigenvalue weighted by Gasteiger charge is 2.17. The van der Waals surface area contributed by atoms with Gasteiger partial charge in [-0.3, -0.25) is 19.7 Å². The predicted molar refractivity (Wildman–Crippen MR) is 129 cm³/mol. The van der Waals surface area contributed by atoms with Crippen molar-refractivity contribution in [2.24, 2.45) is 5.10 Å². The lowest BCUT2D eigenvalue weighted by Gasteiger charge is -2.11. The number of aryl methyl sites for hydroxylation is 2. The molecule has 0 aliphatic heterocycles. The Bertz CT molecular complexity index is 1330. The van der Waals surface area contributed by atoms with Crippen LogP contribution in [0.3, 0.4) is 0 Å². The first kappa shape index (κ1) is 24.8. The van der Waals surface area contributed by atoms with E-state index < -0.39 is 22.7 Å². The number of anilines is 1. The van der Waals surface area contributed by atoms with Crippen molar-refractivity contribution in [3.05, 3.63) is 99.1 Å². The molecule has 10 heteroatoms. The number of rotatable bonds is 6. The molecule has 0 saturated carbocycles. The molecule has 0 atom stereocenters. The molecule has 0 spiro atoms. The number of nitrogens with zero attached hydrogens (tertiary/aromatic N) is 2. The number of hydrogen-bond acceptors (Lipinski definition) is 7. The van der Waals surface area contributed by atoms with Crippen LogP contribution in [0.2, 0.25) is 0 Å². The van der Waals surface area contributed by atoms with Crippen LogP contribution >= 0.6 is 0 Å². The van der Waals surface area contributed by atoms with Gasteiger partial charge in [0, 0.05) is 23.4 Å². The number of nitrogens with one attached hydrogen (secondary N) is 2. The molecule has 35 heavy (non-hydrogen) atoms. The highest BCUT2D eigenvalue weighted by molar-refractivity contribution is 6.39. The minimum Gasteiger partial charge on any atom is -0.422 e. The first-order valence-electron chi connectivity index (χ1n) is 10.4. The van der Waals surface area contributed by atoms with Crippen LogP contribution in [0.15, 0.2) is 71.8 Å². The van der Waals surface area contributed by atoms with E-state index in [0.29, 0.717) is 11.3 Å². The fourth-order valence-corrected chi connectivity index (χ4v) is 3.03. The lowest BCUT2D eigenvalue weighted by molar-refractivity contribution is -0.384. The summed E-state index contributed by atoms with van der Waals surface area (Å²) in [7, 11) is 0. The molecule has 0 bridgehead atoms. The number of hydrazone groups is 1. The van der Waals surface area contributed by atoms with Gasteiger partial charge in [-0.1, -0.05) is 24.3 Å². The molecule has 0 aromatic heterocycles. The number of hydrogen-bond donors (Lipinski definition) is 2. The number of amides is 2. The molecule has 3 rings (SSSR count). The van der Waals surface area contributed by atoms with Crippen LogP contribution in [-0.4, -0.2) is 28.4 Å². The van der Waals surface area contributed by atoms with Crippen LogP contribution in [0.4, 0.5) is 11.4 Å². The molecular weight excluding hydrogens is 452 g/mol. The molecule has 10 nitrogen and oxygen atoms in total. The Morgan fingerprint density at radius 2 is 1.63 bits per heavy atom. The number of benzene rings is 3. The normalized spacial score (nSPS) is 10.9. The summed E-state index contributed by atoms with van der Waals surface area (Å²) >= 11 is 0. The molecule has 0 saturated heterocycles. The maximum atomic E-state index is 12.5. The van der Waals surface area contributed by atoms with Gasteiger partial charge >= 0.3 is 17.8 Å². The monoisotopic (exact) mass is 474 g/mol. The zero-order valence-corrected chi connectivity index (χ0v) is 19.2. The van der Waals surface area contributed by atoms with Gasteiger partial charge in [0.05, 0.1) is 16.2 Å². The van der Waals surface area contributed by atoms with Crippen LogP contribution in [0.5, 0.6) is 5.75 Å². The first-order chi connectivity index (χ1) is 16.7. The van der Waals surface area contributed by atoms with Crippen molar-refractivity contribution in [3.63, 3.8) is 0 Å². The Balaban J connectivity index is 1.69. The summed E-state index contributed by atoms with van der Waals surface area (Å²) in [4.78, 5) is 47.2. The van der Waals surface area contributed by atoms with Crippen molar-refractivity contribution >= 4 is 34.9 Å². The number of carbonyl (C=O) groups is 3. The molecule has 0 aliphatic carbocycles. The number of nitro benzene ring substituents is 1. The number of para-hydroxylation sites is 1. The third-order valence-electron chi connectivity index (χ3n) is 4.97. The summed E-state index contributed by atoms with van der Waals surface area (Å²) in [6.07, 6.45) is 0. The van der Waals surface area contributed by atoms with Crippen LogP contribution in [0, 0.1) is 24.0 Å². The van der Waals surface area contributed by atoms with E-state index in [2.05, 4.69) is 15.8 Å². The Morgan fingerprint density at radius 3 is 2.31 bits per heavy atom. The molecule has 0 unspecified atom stereocenters. The van der Waals surface area contributed by atoms with Gasteiger partial charge in [-0.15, -0.1) is 0 Å². The quantitative estimate of drug-likeness (QED) is 0.139. The summed E-state index contributed by atoms with van der Waals surface area (Å²) in [6.45, 7) is 5.25. The average molecular weight is 474 g/mol. The number of nitro groups is 1. The van der Waals surface area contributed by atoms with Gasteiger partial charge < -0.3 is 10.1 Å². The second-order valence-corrected chi connectivity index (χ2v) is 7.60. The van der Waals surface area contributed by atoms with Gasteiger partial charge in [-0.05, 0) is 62.2 Å². The molecule has 3 aromatic rings. The zero-order valence-electron chi connectivity index (χ0n) is 19.2. The summed E-state index contributed by atoms with van der Waals surface area (Å²) < 4.78 is 5.43. The minimum atomic E-state index is -0.967. The van der Waals surface area contributed by atoms with Crippen LogP contribution in [-0.2, 0) is 9.59 Å². The maximum Gasteiger partial charge on any atom is 0.343 e. The van der Waals surface area contributed by atoms with Crippen molar-refractivity contribution in [1.29, 1.82) is 0 Å². The topological polar surface area (TPSA) is 140 Å². The number of carbonyl (C=O) groups excluding carboxylic acids is 3. The molecule has 178 valence electrons. The van der Waals surface area contributed by atoms with Gasteiger partial charge in [0.25, 0.3) is 5.69 Å². The van der Waals surface area contributed by atoms with Gasteiger partial charge in [-0.25, -0.2) is 10.2 Å². The molecule has 2 N–H and O–H groups in total. The number of esters is 1. The molecular formula is C25H22N4O6. The smallest absolute Gasteiger partial charge is 0.343 e. The Kier molecular flexibility index (Phi) is 7.67. The SMILES string of the molecule is CC(=NNC(=O)C(=O)Nc1cc(C)ccc1C)c1ccccc1OC(=O)c1ccc([N+](=O)[O-])cc1. The van der Waals surface area contributed by atoms with E-state index in [0.717, 1.165) is 11.1 Å². The minimum absolute atomic E-state index is 0.122. The number of non-ortho nitro benzene ring substituents is 1. The predicted octanol–water partition coefficient (Wildman–Crippen LogP) is 3.91. The second-order valence-electron chi connectivity index (χ2n) is 7.60. The highest BCUT2D eigenvalue weighted by Crippen LogP contribution is 2.21. The summed E-state index contributed by atoms with van der Waals surface area (Å²) in [5, 5.41) is 17.3. The van der Waals surface area contributed by atoms with Gasteiger partial charge in [-0.2, -0.15) is 5.10 Å². The molecule has 2 amide bonds. The summed E-state index contributed by atoms with van der Waals surface area (Å²) in [6, 6.07) is 17.0. The van der Waals surface area contributed by atoms with Crippen molar-refractivity contribution in [2.75, 3.05) is 5.32 Å². The fraction of sp³-hybridized carbons (Fsp3) is 0.120. The van der Waals surface area contributed by atoms with E-state index in [-0.39, 0.29) is 22.7 Å². The second kappa shape index (κ2) is 10.8. The van der Waals surface area contributed by atoms with Crippen molar-refractivity contribution in [1.82, 2.24) is 5.43 Å². The third kappa shape index (κ3) is 6.35. The van der Waals surface area contributed by atoms with E-state index in [4.69, 9.17) is 4.74 Å². The van der Waals surface area contributed by atoms with Crippen LogP contribution < -0.4 is 15.5 Å². The van der Waals surface area contributed by atoms with Crippen LogP contribution in [0.1, 0.15) is 34.0 Å². The molecule has 0 fully saturated rings. The zero-order chi connectivity index (χ0) is 25.5. The Labute approximate surface area is 200 Å². The lowest BCUT2D eigenvalue weighted by Crippen LogP contribution is -2.33. The standard InChI is InChI=1S/C25H22N4O6/c1-15-8-9-16(2)21(14-15)26-23(30)24(31)28-27-17(3)20-6-4-5-7-22(20)35-25(32)18-10-12-19(13-11-18)29(33)34/h4-14H,1-3H3,(H,26,30)(H,28,31). The van der Waals surface area contributed by atoms with Crippen molar-refractivity contribution in [3.8, 4) is 5.75 Å². The fourth-order valence-electron chi connectivity index (χ4n) is 3.03.